The second-order valence-corrected chi connectivity index (χ2v) is 7.74. The van der Waals surface area contributed by atoms with E-state index in [1.807, 2.05) is 6.92 Å². The van der Waals surface area contributed by atoms with E-state index in [9.17, 15) is 18.0 Å². The fraction of sp³-hybridized carbons (Fsp3) is 0.467. The summed E-state index contributed by atoms with van der Waals surface area (Å²) in [7, 11) is -1.08. The third-order valence-electron chi connectivity index (χ3n) is 3.11. The summed E-state index contributed by atoms with van der Waals surface area (Å²) in [5, 5.41) is 2.61. The van der Waals surface area contributed by atoms with Crippen LogP contribution < -0.4 is 5.32 Å². The molecule has 7 nitrogen and oxygen atoms in total. The molecule has 24 heavy (non-hydrogen) atoms. The van der Waals surface area contributed by atoms with Gasteiger partial charge in [0, 0.05) is 20.6 Å². The first-order valence-corrected chi connectivity index (χ1v) is 9.17. The van der Waals surface area contributed by atoms with Crippen molar-refractivity contribution in [1.29, 1.82) is 0 Å². The highest BCUT2D eigenvalue weighted by Crippen LogP contribution is 2.25. The number of amides is 1. The minimum absolute atomic E-state index is 0.00110. The molecule has 0 spiro atoms. The lowest BCUT2D eigenvalue weighted by Gasteiger charge is -2.13. The molecular weight excluding hydrogens is 356 g/mol. The van der Waals surface area contributed by atoms with Gasteiger partial charge in [-0.25, -0.2) is 17.5 Å². The van der Waals surface area contributed by atoms with Gasteiger partial charge >= 0.3 is 5.97 Å². The maximum absolute atomic E-state index is 12.2. The molecule has 1 rings (SSSR count). The van der Waals surface area contributed by atoms with Gasteiger partial charge in [0.1, 0.15) is 4.90 Å². The maximum Gasteiger partial charge on any atom is 0.338 e. The first-order chi connectivity index (χ1) is 11.2. The van der Waals surface area contributed by atoms with Crippen LogP contribution in [-0.2, 0) is 19.6 Å². The van der Waals surface area contributed by atoms with Gasteiger partial charge in [0.2, 0.25) is 10.0 Å². The number of nitrogens with one attached hydrogen (secondary N) is 1. The minimum atomic E-state index is -3.80. The first kappa shape index (κ1) is 20.4. The van der Waals surface area contributed by atoms with E-state index in [1.165, 1.54) is 26.2 Å². The van der Waals surface area contributed by atoms with Gasteiger partial charge in [-0.05, 0) is 24.6 Å². The molecule has 0 aromatic heterocycles. The van der Waals surface area contributed by atoms with Gasteiger partial charge in [0.25, 0.3) is 5.91 Å². The Morgan fingerprint density at radius 1 is 1.29 bits per heavy atom. The van der Waals surface area contributed by atoms with Crippen LogP contribution in [0.4, 0.5) is 0 Å². The van der Waals surface area contributed by atoms with Crippen LogP contribution in [0.3, 0.4) is 0 Å². The van der Waals surface area contributed by atoms with Crippen molar-refractivity contribution in [3.63, 3.8) is 0 Å². The van der Waals surface area contributed by atoms with Crippen LogP contribution in [0.1, 0.15) is 30.1 Å². The normalized spacial score (nSPS) is 11.4. The molecule has 0 radical (unpaired) electrons. The number of hydrogen-bond acceptors (Lipinski definition) is 5. The molecule has 0 aliphatic heterocycles. The molecule has 1 aromatic carbocycles. The molecule has 9 heteroatoms. The predicted molar refractivity (Wildman–Crippen MR) is 90.5 cm³/mol. The number of esters is 1. The van der Waals surface area contributed by atoms with Crippen molar-refractivity contribution in [3.05, 3.63) is 28.8 Å². The minimum Gasteiger partial charge on any atom is -0.452 e. The van der Waals surface area contributed by atoms with Gasteiger partial charge in [-0.3, -0.25) is 4.79 Å². The standard InChI is InChI=1S/C15H21ClN2O5S/c1-4-5-8-17-14(19)10-23-15(20)11-6-7-12(16)13(9-11)24(21,22)18(2)3/h6-7,9H,4-5,8,10H2,1-3H3,(H,17,19). The summed E-state index contributed by atoms with van der Waals surface area (Å²) in [6.07, 6.45) is 1.77. The summed E-state index contributed by atoms with van der Waals surface area (Å²) in [5.74, 6) is -1.21. The van der Waals surface area contributed by atoms with Crippen molar-refractivity contribution in [2.75, 3.05) is 27.2 Å². The highest BCUT2D eigenvalue weighted by molar-refractivity contribution is 7.89. The Labute approximate surface area is 147 Å². The second-order valence-electron chi connectivity index (χ2n) is 5.21. The van der Waals surface area contributed by atoms with Gasteiger partial charge < -0.3 is 10.1 Å². The monoisotopic (exact) mass is 376 g/mol. The molecule has 1 aromatic rings. The summed E-state index contributed by atoms with van der Waals surface area (Å²) in [4.78, 5) is 23.3. The van der Waals surface area contributed by atoms with Crippen molar-refractivity contribution < 1.29 is 22.7 Å². The van der Waals surface area contributed by atoms with Crippen LogP contribution in [-0.4, -0.2) is 51.8 Å². The zero-order valence-corrected chi connectivity index (χ0v) is 15.4. The van der Waals surface area contributed by atoms with Crippen molar-refractivity contribution in [2.24, 2.45) is 0 Å². The van der Waals surface area contributed by atoms with Crippen LogP contribution in [0.2, 0.25) is 5.02 Å². The first-order valence-electron chi connectivity index (χ1n) is 7.36. The van der Waals surface area contributed by atoms with Crippen LogP contribution in [0.5, 0.6) is 0 Å². The summed E-state index contributed by atoms with van der Waals surface area (Å²) in [6, 6.07) is 3.78. The van der Waals surface area contributed by atoms with E-state index in [0.717, 1.165) is 23.2 Å². The molecule has 0 saturated carbocycles. The molecule has 0 fully saturated rings. The molecule has 0 heterocycles. The number of unbranched alkanes of at least 4 members (excludes halogenated alkanes) is 1. The van der Waals surface area contributed by atoms with E-state index in [1.54, 1.807) is 0 Å². The molecule has 0 bridgehead atoms. The Morgan fingerprint density at radius 3 is 2.54 bits per heavy atom. The molecule has 1 amide bonds. The number of sulfonamides is 1. The SMILES string of the molecule is CCCCNC(=O)COC(=O)c1ccc(Cl)c(S(=O)(=O)N(C)C)c1. The van der Waals surface area contributed by atoms with E-state index in [2.05, 4.69) is 5.32 Å². The Bertz CT molecular complexity index is 704. The van der Waals surface area contributed by atoms with E-state index >= 15 is 0 Å². The number of ether oxygens (including phenoxy) is 1. The summed E-state index contributed by atoms with van der Waals surface area (Å²) >= 11 is 5.91. The van der Waals surface area contributed by atoms with Crippen LogP contribution >= 0.6 is 11.6 Å². The second kappa shape index (κ2) is 9.00. The molecule has 134 valence electrons. The Hall–Kier alpha value is -1.64. The Balaban J connectivity index is 2.81. The van der Waals surface area contributed by atoms with E-state index in [4.69, 9.17) is 16.3 Å². The summed E-state index contributed by atoms with van der Waals surface area (Å²) in [6.45, 7) is 2.08. The number of benzene rings is 1. The molecular formula is C15H21ClN2O5S. The number of hydrogen-bond donors (Lipinski definition) is 1. The van der Waals surface area contributed by atoms with E-state index in [0.29, 0.717) is 6.54 Å². The summed E-state index contributed by atoms with van der Waals surface area (Å²) in [5.41, 5.74) is 0.00110. The van der Waals surface area contributed by atoms with E-state index in [-0.39, 0.29) is 15.5 Å². The number of halogens is 1. The van der Waals surface area contributed by atoms with Crippen LogP contribution in [0.15, 0.2) is 23.1 Å². The highest BCUT2D eigenvalue weighted by atomic mass is 35.5. The number of nitrogens with zero attached hydrogens (tertiary/aromatic N) is 1. The summed E-state index contributed by atoms with van der Waals surface area (Å²) < 4.78 is 30.2. The van der Waals surface area contributed by atoms with Crippen LogP contribution in [0.25, 0.3) is 0 Å². The molecule has 1 N–H and O–H groups in total. The molecule has 0 aliphatic rings. The molecule has 0 unspecified atom stereocenters. The average Bonchev–Trinajstić information content (AvgIpc) is 2.53. The van der Waals surface area contributed by atoms with Gasteiger partial charge in [-0.15, -0.1) is 0 Å². The lowest BCUT2D eigenvalue weighted by molar-refractivity contribution is -0.124. The third-order valence-corrected chi connectivity index (χ3v) is 5.41. The highest BCUT2D eigenvalue weighted by Gasteiger charge is 2.23. The number of carbonyl (C=O) groups excluding carboxylic acids is 2. The lowest BCUT2D eigenvalue weighted by atomic mass is 10.2. The number of carbonyl (C=O) groups is 2. The Morgan fingerprint density at radius 2 is 1.96 bits per heavy atom. The third kappa shape index (κ3) is 5.47. The van der Waals surface area contributed by atoms with Crippen molar-refractivity contribution in [1.82, 2.24) is 9.62 Å². The molecule has 0 atom stereocenters. The quantitative estimate of drug-likeness (QED) is 0.550. The Kier molecular flexibility index (Phi) is 7.65. The van der Waals surface area contributed by atoms with Gasteiger partial charge in [0.15, 0.2) is 6.61 Å². The van der Waals surface area contributed by atoms with E-state index < -0.39 is 28.5 Å². The predicted octanol–water partition coefficient (Wildman–Crippen LogP) is 1.66. The van der Waals surface area contributed by atoms with Crippen molar-refractivity contribution in [3.8, 4) is 0 Å². The smallest absolute Gasteiger partial charge is 0.338 e. The van der Waals surface area contributed by atoms with Gasteiger partial charge in [-0.2, -0.15) is 0 Å². The number of rotatable bonds is 8. The van der Waals surface area contributed by atoms with Gasteiger partial charge in [0.05, 0.1) is 10.6 Å². The van der Waals surface area contributed by atoms with Crippen molar-refractivity contribution in [2.45, 2.75) is 24.7 Å². The largest absolute Gasteiger partial charge is 0.452 e. The topological polar surface area (TPSA) is 92.8 Å². The lowest BCUT2D eigenvalue weighted by Crippen LogP contribution is -2.29. The van der Waals surface area contributed by atoms with Crippen LogP contribution in [0, 0.1) is 0 Å². The zero-order chi connectivity index (χ0) is 18.3. The van der Waals surface area contributed by atoms with Gasteiger partial charge in [-0.1, -0.05) is 24.9 Å². The average molecular weight is 377 g/mol. The zero-order valence-electron chi connectivity index (χ0n) is 13.8. The van der Waals surface area contributed by atoms with Crippen molar-refractivity contribution >= 4 is 33.5 Å². The maximum atomic E-state index is 12.2. The fourth-order valence-corrected chi connectivity index (χ4v) is 3.09. The fourth-order valence-electron chi connectivity index (χ4n) is 1.69. The molecule has 0 saturated heterocycles. The molecule has 0 aliphatic carbocycles.